The van der Waals surface area contributed by atoms with Crippen molar-refractivity contribution in [2.75, 3.05) is 14.2 Å². The molecule has 7 nitrogen and oxygen atoms in total. The Kier molecular flexibility index (Phi) is 6.54. The summed E-state index contributed by atoms with van der Waals surface area (Å²) in [5.74, 6) is 0.186. The van der Waals surface area contributed by atoms with Gasteiger partial charge in [-0.3, -0.25) is 4.79 Å². The number of esters is 2. The second kappa shape index (κ2) is 9.68. The van der Waals surface area contributed by atoms with E-state index in [0.29, 0.717) is 29.9 Å². The number of carbonyl (C=O) groups excluding carboxylic acids is 2. The third-order valence-electron chi connectivity index (χ3n) is 5.61. The lowest BCUT2D eigenvalue weighted by molar-refractivity contribution is -0.149. The summed E-state index contributed by atoms with van der Waals surface area (Å²) >= 11 is 0. The zero-order chi connectivity index (χ0) is 22.5. The second-order valence-corrected chi connectivity index (χ2v) is 7.72. The van der Waals surface area contributed by atoms with E-state index >= 15 is 0 Å². The minimum atomic E-state index is -0.548. The van der Waals surface area contributed by atoms with Crippen molar-refractivity contribution in [3.63, 3.8) is 0 Å². The number of hydrogen-bond acceptors (Lipinski definition) is 7. The summed E-state index contributed by atoms with van der Waals surface area (Å²) in [5.41, 5.74) is 1.68. The Bertz CT molecular complexity index is 1110. The summed E-state index contributed by atoms with van der Waals surface area (Å²) in [6.07, 6.45) is 1.81. The summed E-state index contributed by atoms with van der Waals surface area (Å²) < 4.78 is 21.8. The standard InChI is InChI=1S/C25H25NO6/c1-29-18-10-11-20-21(13-18)26-22(25(28)30-2)14-23(20)32-19-9-8-17(12-19)24(27)31-15-16-6-4-3-5-7-16/h3-7,10-11,13-14,17,19H,8-9,12,15H2,1-2H3/t17-,19-/m0/s1. The van der Waals surface area contributed by atoms with Crippen LogP contribution in [-0.4, -0.2) is 37.2 Å². The highest BCUT2D eigenvalue weighted by atomic mass is 16.5. The van der Waals surface area contributed by atoms with Gasteiger partial charge in [-0.25, -0.2) is 9.78 Å². The van der Waals surface area contributed by atoms with Gasteiger partial charge in [-0.15, -0.1) is 0 Å². The number of ether oxygens (including phenoxy) is 4. The number of aromatic nitrogens is 1. The van der Waals surface area contributed by atoms with Gasteiger partial charge in [0.1, 0.15) is 18.1 Å². The second-order valence-electron chi connectivity index (χ2n) is 7.72. The molecule has 0 N–H and O–H groups in total. The van der Waals surface area contributed by atoms with Gasteiger partial charge in [0.2, 0.25) is 0 Å². The third kappa shape index (κ3) is 4.82. The van der Waals surface area contributed by atoms with Crippen LogP contribution in [0.2, 0.25) is 0 Å². The summed E-state index contributed by atoms with van der Waals surface area (Å²) in [6, 6.07) is 16.6. The van der Waals surface area contributed by atoms with Crippen LogP contribution in [0.15, 0.2) is 54.6 Å². The molecule has 1 aliphatic carbocycles. The molecule has 32 heavy (non-hydrogen) atoms. The Hall–Kier alpha value is -3.61. The summed E-state index contributed by atoms with van der Waals surface area (Å²) in [4.78, 5) is 29.0. The van der Waals surface area contributed by atoms with E-state index in [1.165, 1.54) is 7.11 Å². The lowest BCUT2D eigenvalue weighted by Gasteiger charge is -2.17. The third-order valence-corrected chi connectivity index (χ3v) is 5.61. The fourth-order valence-electron chi connectivity index (χ4n) is 3.90. The van der Waals surface area contributed by atoms with Crippen LogP contribution in [0, 0.1) is 5.92 Å². The number of hydrogen-bond donors (Lipinski definition) is 0. The minimum absolute atomic E-state index is 0.153. The molecule has 0 bridgehead atoms. The van der Waals surface area contributed by atoms with Gasteiger partial charge in [0.05, 0.1) is 31.8 Å². The quantitative estimate of drug-likeness (QED) is 0.511. The van der Waals surface area contributed by atoms with E-state index in [1.807, 2.05) is 42.5 Å². The lowest BCUT2D eigenvalue weighted by atomic mass is 10.1. The van der Waals surface area contributed by atoms with Crippen molar-refractivity contribution >= 4 is 22.8 Å². The van der Waals surface area contributed by atoms with Gasteiger partial charge in [-0.2, -0.15) is 0 Å². The molecule has 2 atom stereocenters. The van der Waals surface area contributed by atoms with Gasteiger partial charge < -0.3 is 18.9 Å². The highest BCUT2D eigenvalue weighted by Crippen LogP contribution is 2.34. The SMILES string of the molecule is COC(=O)c1cc(O[C@H]2CC[C@H](C(=O)OCc3ccccc3)C2)c2ccc(OC)cc2n1. The zero-order valence-corrected chi connectivity index (χ0v) is 18.1. The Morgan fingerprint density at radius 1 is 1.03 bits per heavy atom. The maximum Gasteiger partial charge on any atom is 0.356 e. The van der Waals surface area contributed by atoms with E-state index in [2.05, 4.69) is 4.98 Å². The van der Waals surface area contributed by atoms with Crippen molar-refractivity contribution in [3.8, 4) is 11.5 Å². The van der Waals surface area contributed by atoms with Crippen LogP contribution >= 0.6 is 0 Å². The monoisotopic (exact) mass is 435 g/mol. The molecule has 0 saturated heterocycles. The molecule has 1 aromatic heterocycles. The van der Waals surface area contributed by atoms with E-state index in [4.69, 9.17) is 18.9 Å². The Morgan fingerprint density at radius 3 is 2.59 bits per heavy atom. The maximum atomic E-state index is 12.5. The van der Waals surface area contributed by atoms with Gasteiger partial charge in [-0.1, -0.05) is 30.3 Å². The molecule has 0 unspecified atom stereocenters. The molecule has 0 spiro atoms. The fourth-order valence-corrected chi connectivity index (χ4v) is 3.90. The van der Waals surface area contributed by atoms with E-state index in [1.54, 1.807) is 19.2 Å². The zero-order valence-electron chi connectivity index (χ0n) is 18.1. The van der Waals surface area contributed by atoms with Crippen LogP contribution in [0.1, 0.15) is 35.3 Å². The van der Waals surface area contributed by atoms with Crippen molar-refractivity contribution in [2.45, 2.75) is 32.0 Å². The highest BCUT2D eigenvalue weighted by Gasteiger charge is 2.33. The molecule has 1 saturated carbocycles. The van der Waals surface area contributed by atoms with Crippen LogP contribution in [0.25, 0.3) is 10.9 Å². The minimum Gasteiger partial charge on any atom is -0.497 e. The van der Waals surface area contributed by atoms with Crippen molar-refractivity contribution in [1.82, 2.24) is 4.98 Å². The molecule has 7 heteroatoms. The first-order valence-electron chi connectivity index (χ1n) is 10.5. The van der Waals surface area contributed by atoms with Crippen LogP contribution < -0.4 is 9.47 Å². The number of benzene rings is 2. The lowest BCUT2D eigenvalue weighted by Crippen LogP contribution is -2.18. The number of nitrogens with zero attached hydrogens (tertiary/aromatic N) is 1. The molecule has 1 aliphatic rings. The van der Waals surface area contributed by atoms with E-state index in [-0.39, 0.29) is 30.3 Å². The smallest absolute Gasteiger partial charge is 0.356 e. The van der Waals surface area contributed by atoms with Gasteiger partial charge in [-0.05, 0) is 37.0 Å². The normalized spacial score (nSPS) is 17.7. The number of carbonyl (C=O) groups is 2. The van der Waals surface area contributed by atoms with Crippen LogP contribution in [0.4, 0.5) is 0 Å². The first kappa shape index (κ1) is 21.6. The first-order chi connectivity index (χ1) is 15.6. The Labute approximate surface area is 186 Å². The van der Waals surface area contributed by atoms with E-state index in [9.17, 15) is 9.59 Å². The average molecular weight is 435 g/mol. The predicted octanol–water partition coefficient (Wildman–Crippen LogP) is 4.32. The molecule has 0 amide bonds. The number of pyridine rings is 1. The van der Waals surface area contributed by atoms with Crippen LogP contribution in [0.3, 0.4) is 0 Å². The van der Waals surface area contributed by atoms with Gasteiger partial charge in [0.25, 0.3) is 0 Å². The number of fused-ring (bicyclic) bond motifs is 1. The summed E-state index contributed by atoms with van der Waals surface area (Å²) in [6.45, 7) is 0.265. The summed E-state index contributed by atoms with van der Waals surface area (Å²) in [7, 11) is 2.88. The molecule has 1 fully saturated rings. The summed E-state index contributed by atoms with van der Waals surface area (Å²) in [5, 5.41) is 0.758. The predicted molar refractivity (Wildman–Crippen MR) is 118 cm³/mol. The van der Waals surface area contributed by atoms with Crippen molar-refractivity contribution in [1.29, 1.82) is 0 Å². The molecule has 0 radical (unpaired) electrons. The molecule has 1 heterocycles. The maximum absolute atomic E-state index is 12.5. The Morgan fingerprint density at radius 2 is 1.84 bits per heavy atom. The van der Waals surface area contributed by atoms with Crippen molar-refractivity contribution in [3.05, 3.63) is 65.9 Å². The topological polar surface area (TPSA) is 84.0 Å². The first-order valence-corrected chi connectivity index (χ1v) is 10.5. The van der Waals surface area contributed by atoms with Gasteiger partial charge >= 0.3 is 11.9 Å². The molecular weight excluding hydrogens is 410 g/mol. The molecule has 4 rings (SSSR count). The Balaban J connectivity index is 1.47. The molecule has 0 aliphatic heterocycles. The van der Waals surface area contributed by atoms with Gasteiger partial charge in [0.15, 0.2) is 5.69 Å². The fraction of sp³-hybridized carbons (Fsp3) is 0.320. The average Bonchev–Trinajstić information content (AvgIpc) is 3.30. The molecule has 3 aromatic rings. The molecule has 166 valence electrons. The van der Waals surface area contributed by atoms with E-state index < -0.39 is 5.97 Å². The number of rotatable bonds is 7. The van der Waals surface area contributed by atoms with E-state index in [0.717, 1.165) is 17.4 Å². The van der Waals surface area contributed by atoms with Gasteiger partial charge in [0, 0.05) is 17.5 Å². The largest absolute Gasteiger partial charge is 0.497 e. The highest BCUT2D eigenvalue weighted by molar-refractivity contribution is 5.94. The molecule has 2 aromatic carbocycles. The van der Waals surface area contributed by atoms with Crippen molar-refractivity contribution in [2.24, 2.45) is 5.92 Å². The molecular formula is C25H25NO6. The van der Waals surface area contributed by atoms with Crippen molar-refractivity contribution < 1.29 is 28.5 Å². The van der Waals surface area contributed by atoms with Crippen LogP contribution in [-0.2, 0) is 20.9 Å². The van der Waals surface area contributed by atoms with Crippen LogP contribution in [0.5, 0.6) is 11.5 Å². The number of methoxy groups -OCH3 is 2.